The van der Waals surface area contributed by atoms with Crippen molar-refractivity contribution in [2.45, 2.75) is 26.3 Å². The third kappa shape index (κ3) is 1.80. The maximum Gasteiger partial charge on any atom is 0.174 e. The van der Waals surface area contributed by atoms with E-state index < -0.39 is 0 Å². The zero-order valence-electron chi connectivity index (χ0n) is 5.56. The Morgan fingerprint density at radius 3 is 1.88 bits per heavy atom. The summed E-state index contributed by atoms with van der Waals surface area (Å²) in [6.45, 7) is 8.63. The Hall–Kier alpha value is -0.750. The molecule has 0 spiro atoms. The van der Waals surface area contributed by atoms with E-state index >= 15 is 0 Å². The molecule has 0 unspecified atom stereocenters. The van der Waals surface area contributed by atoms with E-state index in [1.807, 2.05) is 0 Å². The van der Waals surface area contributed by atoms with Gasteiger partial charge in [0.1, 0.15) is 0 Å². The van der Waals surface area contributed by atoms with Crippen molar-refractivity contribution in [3.63, 3.8) is 0 Å². The monoisotopic (exact) mass is 113 g/mol. The molecule has 2 heteroatoms. The average molecular weight is 113 g/mol. The van der Waals surface area contributed by atoms with Gasteiger partial charge in [-0.2, -0.15) is 4.74 Å². The third-order valence-electron chi connectivity index (χ3n) is 0.753. The molecule has 46 valence electrons. The molecule has 0 atom stereocenters. The van der Waals surface area contributed by atoms with Crippen molar-refractivity contribution in [3.8, 4) is 0 Å². The van der Waals surface area contributed by atoms with Crippen molar-refractivity contribution >= 4 is 5.87 Å². The Balaban J connectivity index is 4.26. The highest BCUT2D eigenvalue weighted by Crippen LogP contribution is 2.02. The lowest BCUT2D eigenvalue weighted by molar-refractivity contribution is -0.528. The number of nitrogens with zero attached hydrogens (tertiary/aromatic N) is 1. The molecule has 0 heterocycles. The molecule has 0 aliphatic carbocycles. The molecule has 0 aliphatic heterocycles. The Kier molecular flexibility index (Phi) is 1.82. The lowest BCUT2D eigenvalue weighted by Gasteiger charge is -2.14. The van der Waals surface area contributed by atoms with Crippen molar-refractivity contribution in [2.24, 2.45) is 0 Å². The molecule has 0 bridgehead atoms. The lowest BCUT2D eigenvalue weighted by atomic mass is 10.1. The van der Waals surface area contributed by atoms with Crippen LogP contribution in [0.4, 0.5) is 0 Å². The predicted octanol–water partition coefficient (Wildman–Crippen LogP) is 1.15. The van der Waals surface area contributed by atoms with Gasteiger partial charge in [-0.05, 0) is 0 Å². The summed E-state index contributed by atoms with van der Waals surface area (Å²) in [5, 5.41) is 10.6. The van der Waals surface area contributed by atoms with E-state index in [-0.39, 0.29) is 5.54 Å². The van der Waals surface area contributed by atoms with Crippen LogP contribution in [0.2, 0.25) is 0 Å². The molecule has 0 rings (SSSR count). The van der Waals surface area contributed by atoms with Crippen molar-refractivity contribution in [2.75, 3.05) is 0 Å². The Morgan fingerprint density at radius 1 is 1.50 bits per heavy atom. The second kappa shape index (κ2) is 2.01. The minimum atomic E-state index is -0.387. The van der Waals surface area contributed by atoms with Crippen LogP contribution >= 0.6 is 0 Å². The fourth-order valence-corrected chi connectivity index (χ4v) is 0.237. The van der Waals surface area contributed by atoms with Crippen molar-refractivity contribution < 1.29 is 4.74 Å². The molecule has 0 radical (unpaired) electrons. The Labute approximate surface area is 49.7 Å². The van der Waals surface area contributed by atoms with Gasteiger partial charge in [0.15, 0.2) is 11.4 Å². The third-order valence-corrected chi connectivity index (χ3v) is 0.753. The maximum absolute atomic E-state index is 10.6. The fraction of sp³-hybridized carbons (Fsp3) is 0.667. The first kappa shape index (κ1) is 7.25. The van der Waals surface area contributed by atoms with Crippen LogP contribution < -0.4 is 0 Å². The first-order chi connectivity index (χ1) is 3.48. The van der Waals surface area contributed by atoms with Crippen LogP contribution in [-0.2, 0) is 0 Å². The highest BCUT2D eigenvalue weighted by Gasteiger charge is 2.16. The first-order valence-corrected chi connectivity index (χ1v) is 2.48. The molecular weight excluding hydrogens is 102 g/mol. The molecule has 0 saturated heterocycles. The number of hydroxylamine groups is 1. The van der Waals surface area contributed by atoms with Gasteiger partial charge in [0.2, 0.25) is 0 Å². The van der Waals surface area contributed by atoms with Gasteiger partial charge in [0.05, 0.1) is 0 Å². The van der Waals surface area contributed by atoms with Gasteiger partial charge >= 0.3 is 0 Å². The minimum Gasteiger partial charge on any atom is -0.615 e. The highest BCUT2D eigenvalue weighted by atomic mass is 16.5. The summed E-state index contributed by atoms with van der Waals surface area (Å²) in [7, 11) is 0. The van der Waals surface area contributed by atoms with Crippen LogP contribution in [0.3, 0.4) is 0 Å². The normalized spacial score (nSPS) is 10.4. The molecule has 8 heavy (non-hydrogen) atoms. The smallest absolute Gasteiger partial charge is 0.174 e. The number of hydrogen-bond donors (Lipinski definition) is 0. The topological polar surface area (TPSA) is 26.1 Å². The van der Waals surface area contributed by atoms with Crippen LogP contribution in [0.25, 0.3) is 0 Å². The SMILES string of the molecule is C=C=[N+]([O-])C(C)(C)C. The average Bonchev–Trinajstić information content (AvgIpc) is 1.62. The largest absolute Gasteiger partial charge is 0.615 e. The van der Waals surface area contributed by atoms with E-state index in [1.54, 1.807) is 20.8 Å². The van der Waals surface area contributed by atoms with E-state index in [2.05, 4.69) is 12.4 Å². The molecule has 0 amide bonds. The lowest BCUT2D eigenvalue weighted by Crippen LogP contribution is -2.27. The summed E-state index contributed by atoms with van der Waals surface area (Å²) in [6, 6.07) is 0. The summed E-state index contributed by atoms with van der Waals surface area (Å²) < 4.78 is 0.701. The molecular formula is C6H11NO. The molecule has 0 aliphatic rings. The van der Waals surface area contributed by atoms with Gasteiger partial charge in [0.25, 0.3) is 0 Å². The molecule has 2 nitrogen and oxygen atoms in total. The van der Waals surface area contributed by atoms with Crippen molar-refractivity contribution in [3.05, 3.63) is 11.8 Å². The van der Waals surface area contributed by atoms with E-state index in [0.29, 0.717) is 4.74 Å². The second-order valence-electron chi connectivity index (χ2n) is 2.62. The number of hydrogen-bond acceptors (Lipinski definition) is 1. The van der Waals surface area contributed by atoms with Gasteiger partial charge in [-0.3, -0.25) is 0 Å². The zero-order chi connectivity index (χ0) is 6.78. The van der Waals surface area contributed by atoms with Gasteiger partial charge in [-0.1, -0.05) is 0 Å². The van der Waals surface area contributed by atoms with E-state index in [9.17, 15) is 5.21 Å². The minimum absolute atomic E-state index is 0.387. The highest BCUT2D eigenvalue weighted by molar-refractivity contribution is 5.40. The van der Waals surface area contributed by atoms with Gasteiger partial charge in [-0.25, -0.2) is 0 Å². The summed E-state index contributed by atoms with van der Waals surface area (Å²) >= 11 is 0. The molecule has 0 saturated carbocycles. The Morgan fingerprint density at radius 2 is 1.88 bits per heavy atom. The van der Waals surface area contributed by atoms with Gasteiger partial charge in [0, 0.05) is 27.4 Å². The van der Waals surface area contributed by atoms with Crippen LogP contribution in [0.1, 0.15) is 20.8 Å². The van der Waals surface area contributed by atoms with Crippen molar-refractivity contribution in [1.82, 2.24) is 0 Å². The second-order valence-corrected chi connectivity index (χ2v) is 2.62. The molecule has 0 N–H and O–H groups in total. The quantitative estimate of drug-likeness (QED) is 0.200. The van der Waals surface area contributed by atoms with E-state index in [1.165, 1.54) is 0 Å². The van der Waals surface area contributed by atoms with Gasteiger partial charge in [-0.15, -0.1) is 0 Å². The summed E-state index contributed by atoms with van der Waals surface area (Å²) in [4.78, 5) is 0. The molecule has 0 aromatic rings. The molecule has 0 aromatic heterocycles. The maximum atomic E-state index is 10.6. The van der Waals surface area contributed by atoms with Crippen LogP contribution in [0.5, 0.6) is 0 Å². The molecule has 0 fully saturated rings. The fourth-order valence-electron chi connectivity index (χ4n) is 0.237. The van der Waals surface area contributed by atoms with Crippen molar-refractivity contribution in [1.29, 1.82) is 0 Å². The predicted molar refractivity (Wildman–Crippen MR) is 34.0 cm³/mol. The van der Waals surface area contributed by atoms with Crippen LogP contribution in [0.15, 0.2) is 6.58 Å². The standard InChI is InChI=1S/C6H11NO/c1-5-7(8)6(2,3)4/h1H2,2-4H3. The first-order valence-electron chi connectivity index (χ1n) is 2.48. The summed E-state index contributed by atoms with van der Waals surface area (Å²) in [6.07, 6.45) is 0. The Bertz CT molecular complexity index is 126. The summed E-state index contributed by atoms with van der Waals surface area (Å²) in [5.41, 5.74) is -0.387. The van der Waals surface area contributed by atoms with Crippen LogP contribution in [-0.4, -0.2) is 16.1 Å². The van der Waals surface area contributed by atoms with E-state index in [4.69, 9.17) is 0 Å². The number of rotatable bonds is 0. The summed E-state index contributed by atoms with van der Waals surface area (Å²) in [5.74, 6) is 2.23. The van der Waals surface area contributed by atoms with Gasteiger partial charge < -0.3 is 5.21 Å². The van der Waals surface area contributed by atoms with Crippen LogP contribution in [0, 0.1) is 5.21 Å². The molecule has 0 aromatic carbocycles. The van der Waals surface area contributed by atoms with E-state index in [0.717, 1.165) is 0 Å². The zero-order valence-corrected chi connectivity index (χ0v) is 5.56.